The Morgan fingerprint density at radius 2 is 1.65 bits per heavy atom. The molecule has 2 aromatic rings. The Morgan fingerprint density at radius 3 is 2.25 bits per heavy atom. The third kappa shape index (κ3) is 2.45. The maximum absolute atomic E-state index is 13.9. The van der Waals surface area contributed by atoms with E-state index in [0.717, 1.165) is 6.07 Å². The van der Waals surface area contributed by atoms with Gasteiger partial charge in [-0.2, -0.15) is 0 Å². The van der Waals surface area contributed by atoms with Crippen molar-refractivity contribution >= 4 is 5.82 Å². The minimum absolute atomic E-state index is 0.0128. The molecule has 0 saturated carbocycles. The second kappa shape index (κ2) is 5.48. The first-order valence-electron chi connectivity index (χ1n) is 6.13. The first-order valence-corrected chi connectivity index (χ1v) is 6.13. The van der Waals surface area contributed by atoms with E-state index >= 15 is 0 Å². The Bertz CT molecular complexity index is 642. The molecule has 0 spiro atoms. The Labute approximate surface area is 114 Å². The summed E-state index contributed by atoms with van der Waals surface area (Å²) in [4.78, 5) is 8.09. The van der Waals surface area contributed by atoms with Gasteiger partial charge in [0.2, 0.25) is 0 Å². The molecule has 0 bridgehead atoms. The van der Waals surface area contributed by atoms with Crippen molar-refractivity contribution in [3.8, 4) is 11.3 Å². The van der Waals surface area contributed by atoms with Gasteiger partial charge >= 0.3 is 0 Å². The van der Waals surface area contributed by atoms with Gasteiger partial charge in [0.1, 0.15) is 18.0 Å². The molecule has 1 aromatic heterocycles. The van der Waals surface area contributed by atoms with E-state index < -0.39 is 17.5 Å². The lowest BCUT2D eigenvalue weighted by atomic mass is 9.97. The average Bonchev–Trinajstić information content (AvgIpc) is 2.41. The van der Waals surface area contributed by atoms with Crippen molar-refractivity contribution in [2.75, 3.05) is 12.4 Å². The summed E-state index contributed by atoms with van der Waals surface area (Å²) in [6.07, 6.45) is 1.26. The molecular formula is C14H14F3N3. The van der Waals surface area contributed by atoms with Crippen LogP contribution in [0, 0.1) is 17.5 Å². The fourth-order valence-corrected chi connectivity index (χ4v) is 2.06. The zero-order valence-electron chi connectivity index (χ0n) is 11.3. The SMILES string of the molecule is CNc1ncnc(-c2cc(F)c(F)cc2F)c1C(C)C. The van der Waals surface area contributed by atoms with Gasteiger partial charge in [-0.15, -0.1) is 0 Å². The number of hydrogen-bond acceptors (Lipinski definition) is 3. The Kier molecular flexibility index (Phi) is 3.92. The molecule has 0 radical (unpaired) electrons. The summed E-state index contributed by atoms with van der Waals surface area (Å²) < 4.78 is 40.3. The van der Waals surface area contributed by atoms with Crippen molar-refractivity contribution in [2.24, 2.45) is 0 Å². The van der Waals surface area contributed by atoms with E-state index in [1.54, 1.807) is 7.05 Å². The second-order valence-electron chi connectivity index (χ2n) is 4.64. The summed E-state index contributed by atoms with van der Waals surface area (Å²) in [5, 5.41) is 2.89. The fourth-order valence-electron chi connectivity index (χ4n) is 2.06. The molecule has 1 aromatic carbocycles. The summed E-state index contributed by atoms with van der Waals surface area (Å²) in [6.45, 7) is 3.78. The topological polar surface area (TPSA) is 37.8 Å². The second-order valence-corrected chi connectivity index (χ2v) is 4.64. The lowest BCUT2D eigenvalue weighted by molar-refractivity contribution is 0.496. The van der Waals surface area contributed by atoms with Crippen LogP contribution in [0.2, 0.25) is 0 Å². The predicted octanol–water partition coefficient (Wildman–Crippen LogP) is 3.73. The highest BCUT2D eigenvalue weighted by atomic mass is 19.2. The highest BCUT2D eigenvalue weighted by Crippen LogP contribution is 2.33. The van der Waals surface area contributed by atoms with Crippen molar-refractivity contribution in [3.63, 3.8) is 0 Å². The number of rotatable bonds is 3. The minimum Gasteiger partial charge on any atom is -0.373 e. The maximum atomic E-state index is 13.9. The highest BCUT2D eigenvalue weighted by molar-refractivity contribution is 5.69. The van der Waals surface area contributed by atoms with Crippen molar-refractivity contribution in [1.29, 1.82) is 0 Å². The molecule has 0 aliphatic carbocycles. The van der Waals surface area contributed by atoms with Gasteiger partial charge in [0.05, 0.1) is 5.69 Å². The van der Waals surface area contributed by atoms with Gasteiger partial charge in [0.25, 0.3) is 0 Å². The van der Waals surface area contributed by atoms with Crippen LogP contribution >= 0.6 is 0 Å². The third-order valence-corrected chi connectivity index (χ3v) is 2.96. The average molecular weight is 281 g/mol. The van der Waals surface area contributed by atoms with Crippen molar-refractivity contribution in [1.82, 2.24) is 9.97 Å². The molecule has 106 valence electrons. The molecule has 0 aliphatic rings. The van der Waals surface area contributed by atoms with E-state index in [0.29, 0.717) is 17.4 Å². The van der Waals surface area contributed by atoms with Gasteiger partial charge in [-0.3, -0.25) is 0 Å². The van der Waals surface area contributed by atoms with Crippen LogP contribution in [0.3, 0.4) is 0 Å². The number of halogens is 3. The largest absolute Gasteiger partial charge is 0.373 e. The molecule has 0 aliphatic heterocycles. The van der Waals surface area contributed by atoms with Crippen LogP contribution in [-0.2, 0) is 0 Å². The number of anilines is 1. The van der Waals surface area contributed by atoms with E-state index in [4.69, 9.17) is 0 Å². The van der Waals surface area contributed by atoms with Crippen molar-refractivity contribution in [2.45, 2.75) is 19.8 Å². The molecule has 3 nitrogen and oxygen atoms in total. The van der Waals surface area contributed by atoms with Crippen molar-refractivity contribution < 1.29 is 13.2 Å². The fraction of sp³-hybridized carbons (Fsp3) is 0.286. The quantitative estimate of drug-likeness (QED) is 0.871. The van der Waals surface area contributed by atoms with Gasteiger partial charge < -0.3 is 5.32 Å². The maximum Gasteiger partial charge on any atom is 0.161 e. The van der Waals surface area contributed by atoms with Gasteiger partial charge in [0.15, 0.2) is 11.6 Å². The van der Waals surface area contributed by atoms with E-state index in [1.165, 1.54) is 6.33 Å². The monoisotopic (exact) mass is 281 g/mol. The Morgan fingerprint density at radius 1 is 1.00 bits per heavy atom. The van der Waals surface area contributed by atoms with Crippen LogP contribution in [0.25, 0.3) is 11.3 Å². The number of benzene rings is 1. The summed E-state index contributed by atoms with van der Waals surface area (Å²) in [7, 11) is 1.68. The summed E-state index contributed by atoms with van der Waals surface area (Å²) >= 11 is 0. The smallest absolute Gasteiger partial charge is 0.161 e. The minimum atomic E-state index is -1.22. The normalized spacial score (nSPS) is 10.9. The van der Waals surface area contributed by atoms with Crippen LogP contribution in [0.5, 0.6) is 0 Å². The number of nitrogens with zero attached hydrogens (tertiary/aromatic N) is 2. The number of aromatic nitrogens is 2. The van der Waals surface area contributed by atoms with E-state index in [2.05, 4.69) is 15.3 Å². The Hall–Kier alpha value is -2.11. The molecule has 0 atom stereocenters. The summed E-state index contributed by atoms with van der Waals surface area (Å²) in [5.74, 6) is -2.66. The van der Waals surface area contributed by atoms with Gasteiger partial charge in [-0.05, 0) is 12.0 Å². The first kappa shape index (κ1) is 14.3. The van der Waals surface area contributed by atoms with E-state index in [1.807, 2.05) is 13.8 Å². The van der Waals surface area contributed by atoms with Crippen molar-refractivity contribution in [3.05, 3.63) is 41.5 Å². The zero-order valence-corrected chi connectivity index (χ0v) is 11.3. The number of hydrogen-bond donors (Lipinski definition) is 1. The lowest BCUT2D eigenvalue weighted by Crippen LogP contribution is -2.06. The molecule has 1 heterocycles. The predicted molar refractivity (Wildman–Crippen MR) is 71.0 cm³/mol. The molecule has 0 saturated heterocycles. The summed E-state index contributed by atoms with van der Waals surface area (Å²) in [6, 6.07) is 1.34. The van der Waals surface area contributed by atoms with Gasteiger partial charge in [0, 0.05) is 24.2 Å². The van der Waals surface area contributed by atoms with Gasteiger partial charge in [-0.1, -0.05) is 13.8 Å². The standard InChI is InChI=1S/C14H14F3N3/c1-7(2)12-13(19-6-20-14(12)18-3)8-4-10(16)11(17)5-9(8)15/h4-7H,1-3H3,(H,18,19,20). The van der Waals surface area contributed by atoms with Gasteiger partial charge in [-0.25, -0.2) is 23.1 Å². The number of nitrogens with one attached hydrogen (secondary N) is 1. The van der Waals surface area contributed by atoms with Crippen LogP contribution < -0.4 is 5.32 Å². The van der Waals surface area contributed by atoms with Crippen LogP contribution in [0.1, 0.15) is 25.3 Å². The first-order chi connectivity index (χ1) is 9.45. The molecule has 0 fully saturated rings. The van der Waals surface area contributed by atoms with E-state index in [9.17, 15) is 13.2 Å². The molecule has 1 N–H and O–H groups in total. The summed E-state index contributed by atoms with van der Waals surface area (Å²) in [5.41, 5.74) is 0.835. The molecule has 0 amide bonds. The molecule has 2 rings (SSSR count). The van der Waals surface area contributed by atoms with E-state index in [-0.39, 0.29) is 17.2 Å². The third-order valence-electron chi connectivity index (χ3n) is 2.96. The van der Waals surface area contributed by atoms with Crippen LogP contribution in [0.15, 0.2) is 18.5 Å². The molecule has 6 heteroatoms. The zero-order chi connectivity index (χ0) is 14.9. The highest BCUT2D eigenvalue weighted by Gasteiger charge is 2.20. The molecule has 20 heavy (non-hydrogen) atoms. The lowest BCUT2D eigenvalue weighted by Gasteiger charge is -2.16. The molecule has 0 unspecified atom stereocenters. The molecular weight excluding hydrogens is 267 g/mol. The Balaban J connectivity index is 2.73. The van der Waals surface area contributed by atoms with Crippen LogP contribution in [0.4, 0.5) is 19.0 Å². The van der Waals surface area contributed by atoms with Crippen LogP contribution in [-0.4, -0.2) is 17.0 Å².